The summed E-state index contributed by atoms with van der Waals surface area (Å²) in [6.45, 7) is 5.09. The summed E-state index contributed by atoms with van der Waals surface area (Å²) in [5.74, 6) is -0.149. The van der Waals surface area contributed by atoms with Gasteiger partial charge in [-0.3, -0.25) is 15.3 Å². The third-order valence-electron chi connectivity index (χ3n) is 2.12. The van der Waals surface area contributed by atoms with E-state index < -0.39 is 11.7 Å². The molecule has 1 rings (SSSR count). The highest BCUT2D eigenvalue weighted by molar-refractivity contribution is 6.25. The molecular formula is C8H13ClN2O2. The minimum Gasteiger partial charge on any atom is -0.296 e. The maximum absolute atomic E-state index is 11.1. The van der Waals surface area contributed by atoms with Gasteiger partial charge in [0.2, 0.25) is 0 Å². The van der Waals surface area contributed by atoms with Crippen LogP contribution in [0.1, 0.15) is 20.8 Å². The molecule has 0 spiro atoms. The SMILES string of the molecule is CC(=O)[C@H]1NC(C)(C)/C(=C/Cl)N1O. The Balaban J connectivity index is 2.98. The number of hydrogen-bond donors (Lipinski definition) is 2. The number of ketones is 1. The maximum Gasteiger partial charge on any atom is 0.169 e. The van der Waals surface area contributed by atoms with Gasteiger partial charge in [0, 0.05) is 5.54 Å². The van der Waals surface area contributed by atoms with Crippen molar-refractivity contribution < 1.29 is 10.0 Å². The van der Waals surface area contributed by atoms with Gasteiger partial charge in [0.15, 0.2) is 11.9 Å². The number of nitrogens with zero attached hydrogens (tertiary/aromatic N) is 1. The molecule has 0 aliphatic carbocycles. The number of hydrogen-bond acceptors (Lipinski definition) is 4. The van der Waals surface area contributed by atoms with E-state index in [2.05, 4.69) is 5.32 Å². The Morgan fingerprint density at radius 1 is 1.77 bits per heavy atom. The monoisotopic (exact) mass is 204 g/mol. The molecule has 1 heterocycles. The number of carbonyl (C=O) groups excluding carboxylic acids is 1. The van der Waals surface area contributed by atoms with Gasteiger partial charge in [0.05, 0.1) is 11.2 Å². The largest absolute Gasteiger partial charge is 0.296 e. The average Bonchev–Trinajstić information content (AvgIpc) is 2.22. The Labute approximate surface area is 82.1 Å². The molecule has 13 heavy (non-hydrogen) atoms. The van der Waals surface area contributed by atoms with Crippen LogP contribution in [0.5, 0.6) is 0 Å². The van der Waals surface area contributed by atoms with E-state index in [-0.39, 0.29) is 5.78 Å². The van der Waals surface area contributed by atoms with Crippen LogP contribution in [-0.2, 0) is 4.79 Å². The molecule has 0 amide bonds. The Bertz CT molecular complexity index is 263. The molecule has 1 aliphatic rings. The lowest BCUT2D eigenvalue weighted by Crippen LogP contribution is -2.43. The van der Waals surface area contributed by atoms with Gasteiger partial charge in [-0.15, -0.1) is 0 Å². The summed E-state index contributed by atoms with van der Waals surface area (Å²) in [5.41, 5.74) is 1.29. The molecule has 1 saturated heterocycles. The Morgan fingerprint density at radius 3 is 2.54 bits per heavy atom. The zero-order valence-electron chi connectivity index (χ0n) is 7.84. The quantitative estimate of drug-likeness (QED) is 0.671. The fourth-order valence-electron chi connectivity index (χ4n) is 1.36. The molecule has 0 aromatic carbocycles. The first-order valence-electron chi connectivity index (χ1n) is 3.97. The highest BCUT2D eigenvalue weighted by Crippen LogP contribution is 2.28. The molecule has 0 unspecified atom stereocenters. The van der Waals surface area contributed by atoms with Crippen molar-refractivity contribution in [1.29, 1.82) is 0 Å². The van der Waals surface area contributed by atoms with E-state index in [0.29, 0.717) is 5.70 Å². The van der Waals surface area contributed by atoms with Gasteiger partial charge in [-0.05, 0) is 20.8 Å². The van der Waals surface area contributed by atoms with Gasteiger partial charge in [-0.25, -0.2) is 5.06 Å². The third kappa shape index (κ3) is 1.70. The summed E-state index contributed by atoms with van der Waals surface area (Å²) in [6, 6.07) is 0. The van der Waals surface area contributed by atoms with Crippen LogP contribution < -0.4 is 5.32 Å². The first kappa shape index (κ1) is 10.5. The second-order valence-corrected chi connectivity index (χ2v) is 3.84. The van der Waals surface area contributed by atoms with Crippen LogP contribution in [-0.4, -0.2) is 27.8 Å². The molecule has 5 heteroatoms. The molecule has 0 radical (unpaired) electrons. The van der Waals surface area contributed by atoms with E-state index in [1.165, 1.54) is 12.5 Å². The first-order chi connectivity index (χ1) is 5.90. The van der Waals surface area contributed by atoms with Crippen molar-refractivity contribution in [3.63, 3.8) is 0 Å². The predicted molar refractivity (Wildman–Crippen MR) is 49.2 cm³/mol. The molecule has 4 nitrogen and oxygen atoms in total. The zero-order valence-corrected chi connectivity index (χ0v) is 8.59. The van der Waals surface area contributed by atoms with Crippen molar-refractivity contribution in [2.45, 2.75) is 32.5 Å². The first-order valence-corrected chi connectivity index (χ1v) is 4.41. The molecule has 0 saturated carbocycles. The highest BCUT2D eigenvalue weighted by atomic mass is 35.5. The van der Waals surface area contributed by atoms with Crippen molar-refractivity contribution >= 4 is 17.4 Å². The third-order valence-corrected chi connectivity index (χ3v) is 2.32. The van der Waals surface area contributed by atoms with Crippen molar-refractivity contribution in [3.05, 3.63) is 11.2 Å². The van der Waals surface area contributed by atoms with Crippen LogP contribution in [0.4, 0.5) is 0 Å². The highest BCUT2D eigenvalue weighted by Gasteiger charge is 2.42. The Morgan fingerprint density at radius 2 is 2.31 bits per heavy atom. The van der Waals surface area contributed by atoms with E-state index in [1.807, 2.05) is 13.8 Å². The Kier molecular flexibility index (Phi) is 2.66. The van der Waals surface area contributed by atoms with Gasteiger partial charge >= 0.3 is 0 Å². The van der Waals surface area contributed by atoms with E-state index >= 15 is 0 Å². The summed E-state index contributed by atoms with van der Waals surface area (Å²) >= 11 is 5.54. The fraction of sp³-hybridized carbons (Fsp3) is 0.625. The number of rotatable bonds is 1. The van der Waals surface area contributed by atoms with Crippen molar-refractivity contribution in [2.75, 3.05) is 0 Å². The number of nitrogens with one attached hydrogen (secondary N) is 1. The molecule has 2 N–H and O–H groups in total. The summed E-state index contributed by atoms with van der Waals surface area (Å²) in [6.07, 6.45) is -0.694. The van der Waals surface area contributed by atoms with Crippen LogP contribution in [0.3, 0.4) is 0 Å². The second kappa shape index (κ2) is 3.29. The van der Waals surface area contributed by atoms with Crippen molar-refractivity contribution in [2.24, 2.45) is 0 Å². The molecule has 1 atom stereocenters. The topological polar surface area (TPSA) is 52.6 Å². The molecule has 0 aromatic heterocycles. The lowest BCUT2D eigenvalue weighted by molar-refractivity contribution is -0.136. The van der Waals surface area contributed by atoms with Crippen molar-refractivity contribution in [1.82, 2.24) is 10.4 Å². The number of hydroxylamine groups is 2. The smallest absolute Gasteiger partial charge is 0.169 e. The molecule has 74 valence electrons. The molecule has 1 aliphatic heterocycles. The second-order valence-electron chi connectivity index (χ2n) is 3.62. The minimum absolute atomic E-state index is 0.149. The summed E-state index contributed by atoms with van der Waals surface area (Å²) in [4.78, 5) is 11.1. The summed E-state index contributed by atoms with van der Waals surface area (Å²) in [7, 11) is 0. The van der Waals surface area contributed by atoms with Crippen LogP contribution >= 0.6 is 11.6 Å². The number of carbonyl (C=O) groups is 1. The average molecular weight is 205 g/mol. The summed E-state index contributed by atoms with van der Waals surface area (Å²) in [5, 5.41) is 13.4. The Hall–Kier alpha value is -0.580. The lowest BCUT2D eigenvalue weighted by atomic mass is 10.0. The lowest BCUT2D eigenvalue weighted by Gasteiger charge is -2.19. The van der Waals surface area contributed by atoms with E-state index in [0.717, 1.165) is 5.06 Å². The van der Waals surface area contributed by atoms with Gasteiger partial charge in [-0.2, -0.15) is 0 Å². The van der Waals surface area contributed by atoms with Gasteiger partial charge < -0.3 is 0 Å². The normalized spacial score (nSPS) is 29.8. The van der Waals surface area contributed by atoms with Gasteiger partial charge in [-0.1, -0.05) is 11.6 Å². The summed E-state index contributed by atoms with van der Waals surface area (Å²) < 4.78 is 0. The predicted octanol–water partition coefficient (Wildman–Crippen LogP) is 1.05. The van der Waals surface area contributed by atoms with Crippen LogP contribution in [0.2, 0.25) is 0 Å². The number of halogens is 1. The minimum atomic E-state index is -0.694. The molecular weight excluding hydrogens is 192 g/mol. The molecule has 0 bridgehead atoms. The number of Topliss-reactive ketones (excluding diaryl/α,β-unsaturated/α-hetero) is 1. The van der Waals surface area contributed by atoms with Crippen LogP contribution in [0.25, 0.3) is 0 Å². The van der Waals surface area contributed by atoms with Crippen LogP contribution in [0, 0.1) is 0 Å². The molecule has 0 aromatic rings. The van der Waals surface area contributed by atoms with Crippen LogP contribution in [0.15, 0.2) is 11.2 Å². The van der Waals surface area contributed by atoms with Gasteiger partial charge in [0.1, 0.15) is 0 Å². The maximum atomic E-state index is 11.1. The van der Waals surface area contributed by atoms with E-state index in [1.54, 1.807) is 0 Å². The van der Waals surface area contributed by atoms with Crippen molar-refractivity contribution in [3.8, 4) is 0 Å². The van der Waals surface area contributed by atoms with Gasteiger partial charge in [0.25, 0.3) is 0 Å². The molecule has 1 fully saturated rings. The van der Waals surface area contributed by atoms with E-state index in [4.69, 9.17) is 11.6 Å². The fourth-order valence-corrected chi connectivity index (χ4v) is 1.74. The standard InChI is InChI=1S/C8H13ClN2O2/c1-5(12)7-10-8(2,3)6(4-9)11(7)13/h4,7,10,13H,1-3H3/b6-4-/t7-/m0/s1. The van der Waals surface area contributed by atoms with E-state index in [9.17, 15) is 10.0 Å². The zero-order chi connectivity index (χ0) is 10.2.